The molecule has 19 heavy (non-hydrogen) atoms. The number of rotatable bonds is 3. The fourth-order valence-electron chi connectivity index (χ4n) is 1.35. The number of hydrogen-bond donors (Lipinski definition) is 0. The monoisotopic (exact) mass is 437 g/mol. The summed E-state index contributed by atoms with van der Waals surface area (Å²) in [6.45, 7) is 0. The summed E-state index contributed by atoms with van der Waals surface area (Å²) in [5, 5.41) is 10.6. The van der Waals surface area contributed by atoms with Crippen molar-refractivity contribution in [2.24, 2.45) is 0 Å². The number of ether oxygens (including phenoxy) is 1. The molecule has 7 heteroatoms. The first-order valence-corrected chi connectivity index (χ1v) is 6.91. The van der Waals surface area contributed by atoms with E-state index in [1.54, 1.807) is 0 Å². The van der Waals surface area contributed by atoms with Crippen LogP contribution in [0.3, 0.4) is 0 Å². The van der Waals surface area contributed by atoms with E-state index in [0.29, 0.717) is 19.5 Å². The molecule has 0 radical (unpaired) electrons. The van der Waals surface area contributed by atoms with Gasteiger partial charge in [0.2, 0.25) is 0 Å². The first-order chi connectivity index (χ1) is 8.97. The van der Waals surface area contributed by atoms with Gasteiger partial charge in [-0.15, -0.1) is 0 Å². The van der Waals surface area contributed by atoms with Crippen molar-refractivity contribution < 1.29 is 14.1 Å². The van der Waals surface area contributed by atoms with E-state index in [9.17, 15) is 14.5 Å². The SMILES string of the molecule is O=[N+]([O-])c1ccc(Oc2ccc(F)c(Br)c2)c(I)c1. The summed E-state index contributed by atoms with van der Waals surface area (Å²) in [6, 6.07) is 8.53. The van der Waals surface area contributed by atoms with E-state index in [4.69, 9.17) is 4.74 Å². The van der Waals surface area contributed by atoms with Crippen LogP contribution in [-0.4, -0.2) is 4.92 Å². The molecule has 0 unspecified atom stereocenters. The van der Waals surface area contributed by atoms with E-state index in [2.05, 4.69) is 15.9 Å². The zero-order valence-electron chi connectivity index (χ0n) is 9.27. The first kappa shape index (κ1) is 14.2. The summed E-state index contributed by atoms with van der Waals surface area (Å²) in [6.07, 6.45) is 0. The average Bonchev–Trinajstić information content (AvgIpc) is 2.36. The van der Waals surface area contributed by atoms with Crippen molar-refractivity contribution in [2.75, 3.05) is 0 Å². The zero-order valence-corrected chi connectivity index (χ0v) is 13.0. The third-order valence-electron chi connectivity index (χ3n) is 2.25. The fourth-order valence-corrected chi connectivity index (χ4v) is 2.32. The van der Waals surface area contributed by atoms with Crippen LogP contribution >= 0.6 is 38.5 Å². The standard InChI is InChI=1S/C12H6BrFINO3/c13-9-6-8(2-3-10(9)14)19-12-4-1-7(16(17)18)5-11(12)15/h1-6H. The Morgan fingerprint density at radius 1 is 1.26 bits per heavy atom. The van der Waals surface area contributed by atoms with E-state index in [1.165, 1.54) is 36.4 Å². The number of hydrogen-bond acceptors (Lipinski definition) is 3. The lowest BCUT2D eigenvalue weighted by atomic mass is 10.3. The van der Waals surface area contributed by atoms with E-state index in [0.717, 1.165) is 0 Å². The first-order valence-electron chi connectivity index (χ1n) is 5.04. The van der Waals surface area contributed by atoms with Gasteiger partial charge in [0.15, 0.2) is 0 Å². The Balaban J connectivity index is 2.28. The molecule has 0 aliphatic heterocycles. The van der Waals surface area contributed by atoms with Gasteiger partial charge in [0.25, 0.3) is 5.69 Å². The van der Waals surface area contributed by atoms with Gasteiger partial charge < -0.3 is 4.74 Å². The maximum absolute atomic E-state index is 13.1. The normalized spacial score (nSPS) is 10.3. The van der Waals surface area contributed by atoms with Crippen LogP contribution in [0.25, 0.3) is 0 Å². The van der Waals surface area contributed by atoms with Gasteiger partial charge in [-0.05, 0) is 62.8 Å². The molecule has 2 aromatic rings. The molecule has 2 aromatic carbocycles. The van der Waals surface area contributed by atoms with Crippen molar-refractivity contribution in [1.82, 2.24) is 0 Å². The number of nitro benzene ring substituents is 1. The van der Waals surface area contributed by atoms with Gasteiger partial charge in [-0.25, -0.2) is 4.39 Å². The smallest absolute Gasteiger partial charge is 0.270 e. The molecule has 98 valence electrons. The van der Waals surface area contributed by atoms with Crippen molar-refractivity contribution >= 4 is 44.2 Å². The molecular formula is C12H6BrFINO3. The molecule has 0 bridgehead atoms. The predicted octanol–water partition coefficient (Wildman–Crippen LogP) is 4.89. The lowest BCUT2D eigenvalue weighted by molar-refractivity contribution is -0.385. The Kier molecular flexibility index (Phi) is 4.35. The Labute approximate surface area is 130 Å². The molecule has 0 saturated carbocycles. The van der Waals surface area contributed by atoms with Crippen LogP contribution in [-0.2, 0) is 0 Å². The van der Waals surface area contributed by atoms with Crippen LogP contribution < -0.4 is 4.74 Å². The van der Waals surface area contributed by atoms with Gasteiger partial charge in [-0.3, -0.25) is 10.1 Å². The number of benzene rings is 2. The second-order valence-electron chi connectivity index (χ2n) is 3.55. The number of halogens is 3. The van der Waals surface area contributed by atoms with Crippen LogP contribution in [0.15, 0.2) is 40.9 Å². The molecule has 4 nitrogen and oxygen atoms in total. The molecule has 0 fully saturated rings. The highest BCUT2D eigenvalue weighted by Crippen LogP contribution is 2.31. The number of nitro groups is 1. The predicted molar refractivity (Wildman–Crippen MR) is 80.0 cm³/mol. The van der Waals surface area contributed by atoms with Crippen molar-refractivity contribution in [2.45, 2.75) is 0 Å². The minimum absolute atomic E-state index is 0.00274. The van der Waals surface area contributed by atoms with Crippen LogP contribution in [0.1, 0.15) is 0 Å². The van der Waals surface area contributed by atoms with Gasteiger partial charge in [-0.2, -0.15) is 0 Å². The summed E-state index contributed by atoms with van der Waals surface area (Å²) < 4.78 is 19.5. The highest BCUT2D eigenvalue weighted by atomic mass is 127. The van der Waals surface area contributed by atoms with Crippen LogP contribution in [0.4, 0.5) is 10.1 Å². The maximum atomic E-state index is 13.1. The van der Waals surface area contributed by atoms with Gasteiger partial charge in [0, 0.05) is 12.1 Å². The second-order valence-corrected chi connectivity index (χ2v) is 5.57. The molecule has 0 atom stereocenters. The third-order valence-corrected chi connectivity index (χ3v) is 3.70. The highest BCUT2D eigenvalue weighted by molar-refractivity contribution is 14.1. The van der Waals surface area contributed by atoms with Gasteiger partial charge >= 0.3 is 0 Å². The van der Waals surface area contributed by atoms with Crippen LogP contribution in [0, 0.1) is 19.5 Å². The number of nitrogens with zero attached hydrogens (tertiary/aromatic N) is 1. The van der Waals surface area contributed by atoms with Crippen LogP contribution in [0.2, 0.25) is 0 Å². The third kappa shape index (κ3) is 3.41. The van der Waals surface area contributed by atoms with Gasteiger partial charge in [0.05, 0.1) is 13.0 Å². The van der Waals surface area contributed by atoms with E-state index >= 15 is 0 Å². The molecular weight excluding hydrogens is 432 g/mol. The lowest BCUT2D eigenvalue weighted by Gasteiger charge is -2.08. The summed E-state index contributed by atoms with van der Waals surface area (Å²) in [5.41, 5.74) is -0.00274. The molecule has 0 spiro atoms. The number of non-ortho nitro benzene ring substituents is 1. The van der Waals surface area contributed by atoms with Crippen LogP contribution in [0.5, 0.6) is 11.5 Å². The molecule has 0 heterocycles. The summed E-state index contributed by atoms with van der Waals surface area (Å²) in [7, 11) is 0. The van der Waals surface area contributed by atoms with Crippen molar-refractivity contribution in [3.8, 4) is 11.5 Å². The Hall–Kier alpha value is -1.22. The molecule has 0 amide bonds. The van der Waals surface area contributed by atoms with Gasteiger partial charge in [-0.1, -0.05) is 0 Å². The molecule has 2 rings (SSSR count). The summed E-state index contributed by atoms with van der Waals surface area (Å²) in [4.78, 5) is 10.1. The Bertz CT molecular complexity index is 651. The molecule has 0 N–H and O–H groups in total. The quantitative estimate of drug-likeness (QED) is 0.390. The lowest BCUT2D eigenvalue weighted by Crippen LogP contribution is -1.92. The van der Waals surface area contributed by atoms with Crippen molar-refractivity contribution in [3.05, 3.63) is 60.4 Å². The summed E-state index contributed by atoms with van der Waals surface area (Å²) in [5.74, 6) is 0.537. The maximum Gasteiger partial charge on any atom is 0.270 e. The average molecular weight is 438 g/mol. The minimum Gasteiger partial charge on any atom is -0.456 e. The molecule has 0 aromatic heterocycles. The van der Waals surface area contributed by atoms with Gasteiger partial charge in [0.1, 0.15) is 17.3 Å². The topological polar surface area (TPSA) is 52.4 Å². The molecule has 0 aliphatic carbocycles. The van der Waals surface area contributed by atoms with E-state index in [1.807, 2.05) is 22.6 Å². The van der Waals surface area contributed by atoms with Crippen molar-refractivity contribution in [3.63, 3.8) is 0 Å². The Morgan fingerprint density at radius 3 is 2.58 bits per heavy atom. The zero-order chi connectivity index (χ0) is 14.0. The summed E-state index contributed by atoms with van der Waals surface area (Å²) >= 11 is 5.01. The molecule has 0 saturated heterocycles. The van der Waals surface area contributed by atoms with E-state index in [-0.39, 0.29) is 11.5 Å². The molecule has 0 aliphatic rings. The van der Waals surface area contributed by atoms with Crippen molar-refractivity contribution in [1.29, 1.82) is 0 Å². The Morgan fingerprint density at radius 2 is 2.00 bits per heavy atom. The largest absolute Gasteiger partial charge is 0.456 e. The highest BCUT2D eigenvalue weighted by Gasteiger charge is 2.11. The second kappa shape index (κ2) is 5.83. The van der Waals surface area contributed by atoms with E-state index < -0.39 is 4.92 Å². The minimum atomic E-state index is -0.472. The fraction of sp³-hybridized carbons (Fsp3) is 0.